The molecule has 0 bridgehead atoms. The monoisotopic (exact) mass is 222 g/mol. The van der Waals surface area contributed by atoms with Crippen LogP contribution >= 0.6 is 0 Å². The van der Waals surface area contributed by atoms with Gasteiger partial charge < -0.3 is 5.21 Å². The van der Waals surface area contributed by atoms with E-state index >= 15 is 0 Å². The Kier molecular flexibility index (Phi) is 3.24. The average Bonchev–Trinajstić information content (AvgIpc) is 2.59. The molecule has 5 nitrogen and oxygen atoms in total. The summed E-state index contributed by atoms with van der Waals surface area (Å²) in [5.41, 5.74) is 3.21. The van der Waals surface area contributed by atoms with E-state index in [1.165, 1.54) is 5.69 Å². The molecule has 1 N–H and O–H groups in total. The zero-order valence-corrected chi connectivity index (χ0v) is 9.85. The SMILES string of the molecule is Cc1cc(CN2CCC(=NO)CC2)n(C)n1. The first-order valence-corrected chi connectivity index (χ1v) is 5.60. The van der Waals surface area contributed by atoms with E-state index in [9.17, 15) is 0 Å². The standard InChI is InChI=1S/C11H18N4O/c1-9-7-11(14(2)12-9)8-15-5-3-10(13-16)4-6-15/h7,16H,3-6,8H2,1-2H3. The smallest absolute Gasteiger partial charge is 0.0597 e. The van der Waals surface area contributed by atoms with Gasteiger partial charge >= 0.3 is 0 Å². The van der Waals surface area contributed by atoms with Crippen molar-refractivity contribution in [1.29, 1.82) is 0 Å². The van der Waals surface area contributed by atoms with E-state index in [-0.39, 0.29) is 0 Å². The summed E-state index contributed by atoms with van der Waals surface area (Å²) in [6, 6.07) is 2.12. The minimum atomic E-state index is 0.868. The van der Waals surface area contributed by atoms with E-state index in [1.54, 1.807) is 0 Å². The first-order chi connectivity index (χ1) is 7.69. The number of rotatable bonds is 2. The predicted molar refractivity (Wildman–Crippen MR) is 61.7 cm³/mol. The third kappa shape index (κ3) is 2.41. The Balaban J connectivity index is 1.94. The molecule has 0 aliphatic carbocycles. The predicted octanol–water partition coefficient (Wildman–Crippen LogP) is 1.15. The number of aryl methyl sites for hydroxylation is 2. The van der Waals surface area contributed by atoms with Crippen LogP contribution in [0.5, 0.6) is 0 Å². The fraction of sp³-hybridized carbons (Fsp3) is 0.636. The minimum absolute atomic E-state index is 0.868. The lowest BCUT2D eigenvalue weighted by Crippen LogP contribution is -2.33. The molecule has 88 valence electrons. The molecule has 0 saturated carbocycles. The second-order valence-corrected chi connectivity index (χ2v) is 4.34. The molecular weight excluding hydrogens is 204 g/mol. The highest BCUT2D eigenvalue weighted by atomic mass is 16.4. The van der Waals surface area contributed by atoms with Gasteiger partial charge in [0.05, 0.1) is 17.1 Å². The molecular formula is C11H18N4O. The topological polar surface area (TPSA) is 53.6 Å². The number of aromatic nitrogens is 2. The van der Waals surface area contributed by atoms with E-state index in [2.05, 4.69) is 21.2 Å². The molecule has 1 aromatic heterocycles. The van der Waals surface area contributed by atoms with Crippen molar-refractivity contribution < 1.29 is 5.21 Å². The van der Waals surface area contributed by atoms with Crippen molar-refractivity contribution in [2.24, 2.45) is 12.2 Å². The van der Waals surface area contributed by atoms with Crippen molar-refractivity contribution in [3.05, 3.63) is 17.5 Å². The molecule has 1 aliphatic rings. The molecule has 5 heteroatoms. The lowest BCUT2D eigenvalue weighted by Gasteiger charge is -2.26. The second kappa shape index (κ2) is 4.65. The molecule has 1 aliphatic heterocycles. The summed E-state index contributed by atoms with van der Waals surface area (Å²) in [6.45, 7) is 4.86. The Morgan fingerprint density at radius 3 is 2.62 bits per heavy atom. The Morgan fingerprint density at radius 2 is 2.12 bits per heavy atom. The maximum atomic E-state index is 8.67. The van der Waals surface area contributed by atoms with Crippen LogP contribution in [0.4, 0.5) is 0 Å². The summed E-state index contributed by atoms with van der Waals surface area (Å²) in [7, 11) is 1.98. The summed E-state index contributed by atoms with van der Waals surface area (Å²) in [6.07, 6.45) is 1.74. The molecule has 1 aromatic rings. The molecule has 2 heterocycles. The number of hydrogen-bond acceptors (Lipinski definition) is 4. The Hall–Kier alpha value is -1.36. The van der Waals surface area contributed by atoms with Crippen LogP contribution in [0, 0.1) is 6.92 Å². The summed E-state index contributed by atoms with van der Waals surface area (Å²) >= 11 is 0. The van der Waals surface area contributed by atoms with E-state index < -0.39 is 0 Å². The maximum Gasteiger partial charge on any atom is 0.0597 e. The van der Waals surface area contributed by atoms with Crippen LogP contribution in [0.25, 0.3) is 0 Å². The van der Waals surface area contributed by atoms with Gasteiger partial charge in [0.15, 0.2) is 0 Å². The lowest BCUT2D eigenvalue weighted by atomic mass is 10.1. The minimum Gasteiger partial charge on any atom is -0.411 e. The molecule has 0 aromatic carbocycles. The normalized spacial score (nSPS) is 17.8. The van der Waals surface area contributed by atoms with Crippen molar-refractivity contribution in [3.8, 4) is 0 Å². The number of nitrogens with zero attached hydrogens (tertiary/aromatic N) is 4. The highest BCUT2D eigenvalue weighted by molar-refractivity contribution is 5.84. The molecule has 1 saturated heterocycles. The van der Waals surface area contributed by atoms with Gasteiger partial charge in [-0.2, -0.15) is 5.10 Å². The Bertz CT molecular complexity index is 387. The van der Waals surface area contributed by atoms with Gasteiger partial charge in [-0.3, -0.25) is 9.58 Å². The highest BCUT2D eigenvalue weighted by Crippen LogP contribution is 2.12. The van der Waals surface area contributed by atoms with Crippen LogP contribution in [-0.4, -0.2) is 38.7 Å². The van der Waals surface area contributed by atoms with Gasteiger partial charge in [0.1, 0.15) is 0 Å². The number of piperidine rings is 1. The molecule has 2 rings (SSSR count). The van der Waals surface area contributed by atoms with Crippen LogP contribution in [-0.2, 0) is 13.6 Å². The molecule has 0 unspecified atom stereocenters. The highest BCUT2D eigenvalue weighted by Gasteiger charge is 2.16. The quantitative estimate of drug-likeness (QED) is 0.603. The van der Waals surface area contributed by atoms with Crippen molar-refractivity contribution in [3.63, 3.8) is 0 Å². The van der Waals surface area contributed by atoms with E-state index in [4.69, 9.17) is 5.21 Å². The summed E-state index contributed by atoms with van der Waals surface area (Å²) in [5, 5.41) is 16.3. The van der Waals surface area contributed by atoms with Gasteiger partial charge in [-0.1, -0.05) is 5.16 Å². The average molecular weight is 222 g/mol. The van der Waals surface area contributed by atoms with Gasteiger partial charge in [0.2, 0.25) is 0 Å². The van der Waals surface area contributed by atoms with Crippen LogP contribution in [0.3, 0.4) is 0 Å². The number of hydrogen-bond donors (Lipinski definition) is 1. The van der Waals surface area contributed by atoms with Crippen molar-refractivity contribution in [2.45, 2.75) is 26.3 Å². The van der Waals surface area contributed by atoms with Crippen molar-refractivity contribution in [2.75, 3.05) is 13.1 Å². The molecule has 1 fully saturated rings. The van der Waals surface area contributed by atoms with Gasteiger partial charge in [-0.25, -0.2) is 0 Å². The van der Waals surface area contributed by atoms with E-state index in [0.29, 0.717) is 0 Å². The number of oxime groups is 1. The fourth-order valence-corrected chi connectivity index (χ4v) is 2.11. The summed E-state index contributed by atoms with van der Waals surface area (Å²) in [4.78, 5) is 2.37. The molecule has 0 atom stereocenters. The van der Waals surface area contributed by atoms with Crippen LogP contribution in [0.15, 0.2) is 11.2 Å². The zero-order valence-electron chi connectivity index (χ0n) is 9.85. The van der Waals surface area contributed by atoms with Crippen LogP contribution < -0.4 is 0 Å². The first-order valence-electron chi connectivity index (χ1n) is 5.60. The van der Waals surface area contributed by atoms with Gasteiger partial charge in [0.25, 0.3) is 0 Å². The third-order valence-corrected chi connectivity index (χ3v) is 3.06. The second-order valence-electron chi connectivity index (χ2n) is 4.34. The summed E-state index contributed by atoms with van der Waals surface area (Å²) in [5.74, 6) is 0. The lowest BCUT2D eigenvalue weighted by molar-refractivity contribution is 0.250. The van der Waals surface area contributed by atoms with E-state index in [0.717, 1.165) is 43.9 Å². The Labute approximate surface area is 95.4 Å². The van der Waals surface area contributed by atoms with Crippen molar-refractivity contribution >= 4 is 5.71 Å². The Morgan fingerprint density at radius 1 is 1.44 bits per heavy atom. The molecule has 0 radical (unpaired) electrons. The summed E-state index contributed by atoms with van der Waals surface area (Å²) < 4.78 is 1.94. The van der Waals surface area contributed by atoms with Crippen LogP contribution in [0.1, 0.15) is 24.2 Å². The first kappa shape index (κ1) is 11.1. The molecule has 0 amide bonds. The zero-order chi connectivity index (χ0) is 11.5. The van der Waals surface area contributed by atoms with Crippen LogP contribution in [0.2, 0.25) is 0 Å². The number of likely N-dealkylation sites (tertiary alicyclic amines) is 1. The molecule has 16 heavy (non-hydrogen) atoms. The fourth-order valence-electron chi connectivity index (χ4n) is 2.11. The maximum absolute atomic E-state index is 8.67. The third-order valence-electron chi connectivity index (χ3n) is 3.06. The largest absolute Gasteiger partial charge is 0.411 e. The van der Waals surface area contributed by atoms with Gasteiger partial charge in [-0.15, -0.1) is 0 Å². The van der Waals surface area contributed by atoms with E-state index in [1.807, 2.05) is 18.7 Å². The molecule has 0 spiro atoms. The van der Waals surface area contributed by atoms with Crippen molar-refractivity contribution in [1.82, 2.24) is 14.7 Å². The van der Waals surface area contributed by atoms with Gasteiger partial charge in [0, 0.05) is 39.5 Å². The van der Waals surface area contributed by atoms with Gasteiger partial charge in [-0.05, 0) is 13.0 Å².